The molecule has 2 nitrogen and oxygen atoms in total. The first-order valence-electron chi connectivity index (χ1n) is 8.69. The van der Waals surface area contributed by atoms with E-state index in [1.807, 2.05) is 0 Å². The molecule has 1 saturated carbocycles. The average Bonchev–Trinajstić information content (AvgIpc) is 3.12. The van der Waals surface area contributed by atoms with Crippen LogP contribution in [0.15, 0.2) is 0 Å². The van der Waals surface area contributed by atoms with Gasteiger partial charge in [0.1, 0.15) is 0 Å². The summed E-state index contributed by atoms with van der Waals surface area (Å²) >= 11 is 0. The van der Waals surface area contributed by atoms with Crippen molar-refractivity contribution in [2.24, 2.45) is 17.3 Å². The van der Waals surface area contributed by atoms with Crippen LogP contribution < -0.4 is 5.32 Å². The average molecular weight is 280 g/mol. The standard InChI is InChI=1S/C18H36N2/c1-14(2)11-16-12-19-18(6,15-7-8-15)13-20(16)10-9-17(3,4)5/h14-16,19H,7-13H2,1-6H3. The highest BCUT2D eigenvalue weighted by Gasteiger charge is 2.45. The van der Waals surface area contributed by atoms with E-state index in [1.165, 1.54) is 45.3 Å². The highest BCUT2D eigenvalue weighted by molar-refractivity contribution is 5.04. The smallest absolute Gasteiger partial charge is 0.0309 e. The molecule has 2 aliphatic rings. The Kier molecular flexibility index (Phi) is 4.86. The SMILES string of the molecule is CC(C)CC1CNC(C)(C2CC2)CN1CCC(C)(C)C. The zero-order chi connectivity index (χ0) is 15.0. The fourth-order valence-corrected chi connectivity index (χ4v) is 3.60. The van der Waals surface area contributed by atoms with Gasteiger partial charge in [0, 0.05) is 24.7 Å². The van der Waals surface area contributed by atoms with Gasteiger partial charge in [0.15, 0.2) is 0 Å². The molecular weight excluding hydrogens is 244 g/mol. The molecule has 0 bridgehead atoms. The molecule has 20 heavy (non-hydrogen) atoms. The second-order valence-corrected chi connectivity index (χ2v) is 9.14. The van der Waals surface area contributed by atoms with Gasteiger partial charge in [0.25, 0.3) is 0 Å². The van der Waals surface area contributed by atoms with E-state index in [4.69, 9.17) is 0 Å². The molecule has 0 aromatic rings. The van der Waals surface area contributed by atoms with Crippen molar-refractivity contribution < 1.29 is 0 Å². The summed E-state index contributed by atoms with van der Waals surface area (Å²) in [5.41, 5.74) is 0.828. The number of nitrogens with zero attached hydrogens (tertiary/aromatic N) is 1. The molecular formula is C18H36N2. The van der Waals surface area contributed by atoms with Gasteiger partial charge in [-0.25, -0.2) is 0 Å². The third-order valence-corrected chi connectivity index (χ3v) is 5.16. The van der Waals surface area contributed by atoms with Crippen LogP contribution in [0.3, 0.4) is 0 Å². The van der Waals surface area contributed by atoms with E-state index >= 15 is 0 Å². The quantitative estimate of drug-likeness (QED) is 0.821. The lowest BCUT2D eigenvalue weighted by molar-refractivity contribution is 0.0558. The number of hydrogen-bond acceptors (Lipinski definition) is 2. The van der Waals surface area contributed by atoms with Gasteiger partial charge in [-0.3, -0.25) is 4.90 Å². The van der Waals surface area contributed by atoms with Crippen molar-refractivity contribution >= 4 is 0 Å². The monoisotopic (exact) mass is 280 g/mol. The molecule has 118 valence electrons. The van der Waals surface area contributed by atoms with Crippen molar-refractivity contribution in [3.63, 3.8) is 0 Å². The molecule has 0 aromatic heterocycles. The second kappa shape index (κ2) is 5.96. The Hall–Kier alpha value is -0.0800. The van der Waals surface area contributed by atoms with Crippen molar-refractivity contribution in [1.82, 2.24) is 10.2 Å². The number of rotatable bonds is 5. The maximum Gasteiger partial charge on any atom is 0.0309 e. The van der Waals surface area contributed by atoms with Crippen LogP contribution >= 0.6 is 0 Å². The van der Waals surface area contributed by atoms with E-state index in [1.54, 1.807) is 0 Å². The summed E-state index contributed by atoms with van der Waals surface area (Å²) in [6, 6.07) is 0.740. The van der Waals surface area contributed by atoms with Crippen LogP contribution in [0, 0.1) is 17.3 Å². The zero-order valence-corrected chi connectivity index (χ0v) is 14.6. The van der Waals surface area contributed by atoms with Gasteiger partial charge >= 0.3 is 0 Å². The molecule has 2 atom stereocenters. The van der Waals surface area contributed by atoms with Crippen molar-refractivity contribution in [3.8, 4) is 0 Å². The predicted octanol–water partition coefficient (Wildman–Crippen LogP) is 3.91. The minimum absolute atomic E-state index is 0.380. The fourth-order valence-electron chi connectivity index (χ4n) is 3.60. The molecule has 0 spiro atoms. The Morgan fingerprint density at radius 2 is 1.90 bits per heavy atom. The van der Waals surface area contributed by atoms with Crippen LogP contribution in [0.2, 0.25) is 0 Å². The molecule has 1 heterocycles. The van der Waals surface area contributed by atoms with E-state index in [0.29, 0.717) is 11.0 Å². The molecule has 2 heteroatoms. The minimum Gasteiger partial charge on any atom is -0.308 e. The van der Waals surface area contributed by atoms with Crippen LogP contribution in [-0.4, -0.2) is 36.1 Å². The number of piperazine rings is 1. The van der Waals surface area contributed by atoms with Crippen LogP contribution in [-0.2, 0) is 0 Å². The van der Waals surface area contributed by atoms with Crippen LogP contribution in [0.4, 0.5) is 0 Å². The molecule has 1 saturated heterocycles. The molecule has 1 aliphatic carbocycles. The first kappa shape index (κ1) is 16.3. The molecule has 0 aromatic carbocycles. The molecule has 2 unspecified atom stereocenters. The number of nitrogens with one attached hydrogen (secondary N) is 1. The van der Waals surface area contributed by atoms with E-state index in [-0.39, 0.29) is 0 Å². The van der Waals surface area contributed by atoms with Crippen molar-refractivity contribution in [2.75, 3.05) is 19.6 Å². The third kappa shape index (κ3) is 4.46. The summed E-state index contributed by atoms with van der Waals surface area (Å²) in [4.78, 5) is 2.81. The van der Waals surface area contributed by atoms with Gasteiger partial charge in [-0.2, -0.15) is 0 Å². The van der Waals surface area contributed by atoms with Crippen molar-refractivity contribution in [3.05, 3.63) is 0 Å². The van der Waals surface area contributed by atoms with Gasteiger partial charge in [-0.05, 0) is 56.4 Å². The summed E-state index contributed by atoms with van der Waals surface area (Å²) in [6.45, 7) is 18.0. The van der Waals surface area contributed by atoms with Crippen molar-refractivity contribution in [2.45, 2.75) is 78.8 Å². The summed E-state index contributed by atoms with van der Waals surface area (Å²) in [5, 5.41) is 3.90. The zero-order valence-electron chi connectivity index (χ0n) is 14.6. The Balaban J connectivity index is 1.98. The Bertz CT molecular complexity index is 314. The third-order valence-electron chi connectivity index (χ3n) is 5.16. The van der Waals surface area contributed by atoms with Gasteiger partial charge < -0.3 is 5.32 Å². The van der Waals surface area contributed by atoms with Gasteiger partial charge in [0.05, 0.1) is 0 Å². The van der Waals surface area contributed by atoms with Crippen LogP contribution in [0.1, 0.15) is 67.2 Å². The first-order valence-corrected chi connectivity index (χ1v) is 8.69. The largest absolute Gasteiger partial charge is 0.308 e. The molecule has 1 aliphatic heterocycles. The highest BCUT2D eigenvalue weighted by atomic mass is 15.3. The predicted molar refractivity (Wildman–Crippen MR) is 88.0 cm³/mol. The maximum absolute atomic E-state index is 3.90. The lowest BCUT2D eigenvalue weighted by Crippen LogP contribution is -2.64. The molecule has 0 amide bonds. The first-order chi connectivity index (χ1) is 9.20. The number of hydrogen-bond donors (Lipinski definition) is 1. The van der Waals surface area contributed by atoms with E-state index in [9.17, 15) is 0 Å². The topological polar surface area (TPSA) is 15.3 Å². The normalized spacial score (nSPS) is 32.9. The molecule has 2 rings (SSSR count). The maximum atomic E-state index is 3.90. The van der Waals surface area contributed by atoms with E-state index in [0.717, 1.165) is 17.9 Å². The molecule has 0 radical (unpaired) electrons. The Morgan fingerprint density at radius 1 is 1.25 bits per heavy atom. The summed E-state index contributed by atoms with van der Waals surface area (Å²) in [6.07, 6.45) is 5.51. The Labute approximate surface area is 126 Å². The van der Waals surface area contributed by atoms with Crippen molar-refractivity contribution in [1.29, 1.82) is 0 Å². The van der Waals surface area contributed by atoms with Gasteiger partial charge in [-0.1, -0.05) is 34.6 Å². The minimum atomic E-state index is 0.380. The van der Waals surface area contributed by atoms with Crippen LogP contribution in [0.5, 0.6) is 0 Å². The summed E-state index contributed by atoms with van der Waals surface area (Å²) in [5.74, 6) is 1.73. The second-order valence-electron chi connectivity index (χ2n) is 9.14. The van der Waals surface area contributed by atoms with Crippen LogP contribution in [0.25, 0.3) is 0 Å². The fraction of sp³-hybridized carbons (Fsp3) is 1.00. The van der Waals surface area contributed by atoms with E-state index < -0.39 is 0 Å². The lowest BCUT2D eigenvalue weighted by atomic mass is 9.87. The molecule has 1 N–H and O–H groups in total. The van der Waals surface area contributed by atoms with Gasteiger partial charge in [-0.15, -0.1) is 0 Å². The summed E-state index contributed by atoms with van der Waals surface area (Å²) in [7, 11) is 0. The lowest BCUT2D eigenvalue weighted by Gasteiger charge is -2.48. The van der Waals surface area contributed by atoms with E-state index in [2.05, 4.69) is 51.8 Å². The molecule has 2 fully saturated rings. The summed E-state index contributed by atoms with van der Waals surface area (Å²) < 4.78 is 0. The Morgan fingerprint density at radius 3 is 2.40 bits per heavy atom. The highest BCUT2D eigenvalue weighted by Crippen LogP contribution is 2.41. The van der Waals surface area contributed by atoms with Gasteiger partial charge in [0.2, 0.25) is 0 Å².